The maximum absolute atomic E-state index is 13.1. The number of aliphatic hydroxyl groups is 2. The molecule has 5 nitrogen and oxygen atoms in total. The lowest BCUT2D eigenvalue weighted by Gasteiger charge is -2.64. The van der Waals surface area contributed by atoms with Gasteiger partial charge in [-0.2, -0.15) is 0 Å². The highest BCUT2D eigenvalue weighted by Gasteiger charge is 2.64. The summed E-state index contributed by atoms with van der Waals surface area (Å²) in [7, 11) is -3.69. The average Bonchev–Trinajstić information content (AvgIpc) is 3.33. The van der Waals surface area contributed by atoms with E-state index in [0.717, 1.165) is 62.1 Å². The van der Waals surface area contributed by atoms with Crippen molar-refractivity contribution in [1.29, 1.82) is 0 Å². The molecule has 0 aromatic heterocycles. The summed E-state index contributed by atoms with van der Waals surface area (Å²) < 4.78 is 26.3. The normalized spacial score (nSPS) is 40.0. The molecule has 0 bridgehead atoms. The summed E-state index contributed by atoms with van der Waals surface area (Å²) in [6.07, 6.45) is 8.77. The molecule has 236 valence electrons. The fourth-order valence-electron chi connectivity index (χ4n) is 11.3. The molecule has 0 unspecified atom stereocenters. The molecule has 2 aromatic rings. The largest absolute Gasteiger partial charge is 0.393 e. The molecule has 0 radical (unpaired) electrons. The summed E-state index contributed by atoms with van der Waals surface area (Å²) in [4.78, 5) is 13.3. The van der Waals surface area contributed by atoms with Crippen LogP contribution in [0.3, 0.4) is 0 Å². The van der Waals surface area contributed by atoms with Gasteiger partial charge < -0.3 is 10.2 Å². The van der Waals surface area contributed by atoms with E-state index in [0.29, 0.717) is 48.3 Å². The van der Waals surface area contributed by atoms with Gasteiger partial charge in [0.05, 0.1) is 17.1 Å². The van der Waals surface area contributed by atoms with Crippen molar-refractivity contribution in [2.45, 2.75) is 109 Å². The van der Waals surface area contributed by atoms with Gasteiger partial charge in [0.2, 0.25) is 0 Å². The number of hydrogen-bond donors (Lipinski definition) is 2. The second-order valence-corrected chi connectivity index (χ2v) is 17.4. The highest BCUT2D eigenvalue weighted by molar-refractivity contribution is 7.92. The Bertz CT molecular complexity index is 1450. The third-order valence-electron chi connectivity index (χ3n) is 13.5. The zero-order chi connectivity index (χ0) is 30.7. The molecule has 0 saturated heterocycles. The molecule has 11 atom stereocenters. The Kier molecular flexibility index (Phi) is 8.39. The molecule has 0 amide bonds. The van der Waals surface area contributed by atoms with Gasteiger partial charge in [0.1, 0.15) is 11.5 Å². The first-order valence-electron chi connectivity index (χ1n) is 17.0. The predicted molar refractivity (Wildman–Crippen MR) is 171 cm³/mol. The Balaban J connectivity index is 1.12. The highest BCUT2D eigenvalue weighted by atomic mass is 32.2. The minimum absolute atomic E-state index is 0.136. The lowest BCUT2D eigenvalue weighted by molar-refractivity contribution is -0.203. The minimum atomic E-state index is -3.69. The number of carbonyl (C=O) groups is 1. The van der Waals surface area contributed by atoms with Crippen LogP contribution in [-0.4, -0.2) is 42.4 Å². The van der Waals surface area contributed by atoms with Crippen molar-refractivity contribution in [2.24, 2.45) is 52.3 Å². The number of aliphatic hydroxyl groups excluding tert-OH is 2. The molecule has 43 heavy (non-hydrogen) atoms. The molecule has 4 fully saturated rings. The van der Waals surface area contributed by atoms with Crippen molar-refractivity contribution in [3.05, 3.63) is 42.5 Å². The van der Waals surface area contributed by atoms with Crippen LogP contribution >= 0.6 is 0 Å². The van der Waals surface area contributed by atoms with E-state index in [2.05, 4.69) is 27.7 Å². The van der Waals surface area contributed by atoms with Gasteiger partial charge in [0, 0.05) is 6.42 Å². The number of fused-ring (bicyclic) bond motifs is 6. The van der Waals surface area contributed by atoms with Crippen LogP contribution < -0.4 is 0 Å². The van der Waals surface area contributed by atoms with Gasteiger partial charge in [0.15, 0.2) is 9.84 Å². The summed E-state index contributed by atoms with van der Waals surface area (Å²) in [6, 6.07) is 12.8. The second-order valence-electron chi connectivity index (χ2n) is 15.4. The van der Waals surface area contributed by atoms with E-state index < -0.39 is 15.6 Å². The molecule has 0 spiro atoms. The molecule has 6 heteroatoms. The number of hydrogen-bond acceptors (Lipinski definition) is 5. The Hall–Kier alpha value is -1.76. The van der Waals surface area contributed by atoms with Gasteiger partial charge >= 0.3 is 0 Å². The molecular formula is C37H52O5S. The van der Waals surface area contributed by atoms with Crippen molar-refractivity contribution in [1.82, 2.24) is 0 Å². The van der Waals surface area contributed by atoms with Crippen molar-refractivity contribution in [3.63, 3.8) is 0 Å². The molecular weight excluding hydrogens is 556 g/mol. The average molecular weight is 609 g/mol. The number of ketones is 1. The third kappa shape index (κ3) is 5.31. The van der Waals surface area contributed by atoms with Crippen molar-refractivity contribution in [2.75, 3.05) is 5.75 Å². The van der Waals surface area contributed by atoms with Crippen molar-refractivity contribution >= 4 is 26.4 Å². The van der Waals surface area contributed by atoms with Crippen molar-refractivity contribution < 1.29 is 23.4 Å². The molecule has 2 aromatic carbocycles. The molecule has 0 aliphatic heterocycles. The Morgan fingerprint density at radius 2 is 1.63 bits per heavy atom. The van der Waals surface area contributed by atoms with E-state index in [-0.39, 0.29) is 39.6 Å². The van der Waals surface area contributed by atoms with Crippen molar-refractivity contribution in [3.8, 4) is 0 Å². The first-order valence-corrected chi connectivity index (χ1v) is 18.6. The van der Waals surface area contributed by atoms with E-state index in [1.807, 2.05) is 30.3 Å². The number of benzene rings is 2. The van der Waals surface area contributed by atoms with Crippen LogP contribution in [0.5, 0.6) is 0 Å². The lowest BCUT2D eigenvalue weighted by Crippen LogP contribution is -2.62. The topological polar surface area (TPSA) is 91.7 Å². The first kappa shape index (κ1) is 31.2. The zero-order valence-corrected chi connectivity index (χ0v) is 27.4. The minimum Gasteiger partial charge on any atom is -0.393 e. The monoisotopic (exact) mass is 608 g/mol. The van der Waals surface area contributed by atoms with Crippen LogP contribution in [0.1, 0.15) is 91.9 Å². The smallest absolute Gasteiger partial charge is 0.185 e. The van der Waals surface area contributed by atoms with Crippen LogP contribution in [0.15, 0.2) is 47.4 Å². The summed E-state index contributed by atoms with van der Waals surface area (Å²) in [5.41, 5.74) is 0.329. The van der Waals surface area contributed by atoms with Crippen LogP contribution in [0.25, 0.3) is 10.8 Å². The lowest BCUT2D eigenvalue weighted by atomic mass is 9.41. The SMILES string of the molecule is CC[C@H]1[C@@H](O)[C@@H]2[C@H](CC[C@]3(C)[C@@H]([C@H](C)CCC(=O)CS(=O)(=O)c4ccc5ccccc5c4)CC[C@@H]23)[C@@]2(C)CC[C@@H](O)C[C@@H]12. The Labute approximate surface area is 258 Å². The van der Waals surface area contributed by atoms with Gasteiger partial charge in [-0.1, -0.05) is 64.4 Å². The summed E-state index contributed by atoms with van der Waals surface area (Å²) in [5, 5.41) is 24.3. The summed E-state index contributed by atoms with van der Waals surface area (Å²) in [6.45, 7) is 9.42. The van der Waals surface area contributed by atoms with Gasteiger partial charge in [-0.25, -0.2) is 8.42 Å². The highest BCUT2D eigenvalue weighted by Crippen LogP contribution is 2.69. The van der Waals surface area contributed by atoms with E-state index >= 15 is 0 Å². The van der Waals surface area contributed by atoms with E-state index in [4.69, 9.17) is 0 Å². The first-order chi connectivity index (χ1) is 20.4. The quantitative estimate of drug-likeness (QED) is 0.330. The van der Waals surface area contributed by atoms with Gasteiger partial charge in [-0.05, 0) is 127 Å². The van der Waals surface area contributed by atoms with Crippen LogP contribution in [0.2, 0.25) is 0 Å². The molecule has 4 aliphatic carbocycles. The molecule has 6 rings (SSSR count). The number of sulfone groups is 1. The summed E-state index contributed by atoms with van der Waals surface area (Å²) in [5.74, 6) is 2.13. The van der Waals surface area contributed by atoms with E-state index in [1.165, 1.54) is 0 Å². The molecule has 0 heterocycles. The molecule has 4 aliphatic rings. The fourth-order valence-corrected chi connectivity index (χ4v) is 12.6. The van der Waals surface area contributed by atoms with Gasteiger partial charge in [-0.15, -0.1) is 0 Å². The third-order valence-corrected chi connectivity index (χ3v) is 15.1. The summed E-state index contributed by atoms with van der Waals surface area (Å²) >= 11 is 0. The Morgan fingerprint density at radius 3 is 2.37 bits per heavy atom. The fraction of sp³-hybridized carbons (Fsp3) is 0.703. The number of rotatable bonds is 8. The van der Waals surface area contributed by atoms with Crippen LogP contribution in [0.4, 0.5) is 0 Å². The van der Waals surface area contributed by atoms with Crippen LogP contribution in [-0.2, 0) is 14.6 Å². The van der Waals surface area contributed by atoms with Gasteiger partial charge in [-0.3, -0.25) is 4.79 Å². The molecule has 4 saturated carbocycles. The van der Waals surface area contributed by atoms with E-state index in [9.17, 15) is 23.4 Å². The number of Topliss-reactive ketones (excluding diaryl/α,β-unsaturated/α-hetero) is 1. The second kappa shape index (κ2) is 11.6. The maximum Gasteiger partial charge on any atom is 0.185 e. The maximum atomic E-state index is 13.1. The molecule has 2 N–H and O–H groups in total. The van der Waals surface area contributed by atoms with E-state index in [1.54, 1.807) is 12.1 Å². The Morgan fingerprint density at radius 1 is 0.930 bits per heavy atom. The predicted octanol–water partition coefficient (Wildman–Crippen LogP) is 7.23. The zero-order valence-electron chi connectivity index (χ0n) is 26.5. The van der Waals surface area contributed by atoms with Gasteiger partial charge in [0.25, 0.3) is 0 Å². The van der Waals surface area contributed by atoms with Crippen LogP contribution in [0, 0.1) is 52.3 Å². The number of carbonyl (C=O) groups excluding carboxylic acids is 1. The standard InChI is InChI=1S/C37H52O5S/c1-5-29-33-21-26(38)16-18-37(33,4)32-17-19-36(3)30(14-15-31(36)34(32)35(29)40)23(2)10-12-27(39)22-43(41,42)28-13-11-24-8-6-7-9-25(24)20-28/h6-9,11,13,20,23,26,29-35,38,40H,5,10,12,14-19,21-22H2,1-4H3/t23-,26-,29-,30-,31+,32+,33+,34+,35-,36-,37-/m1/s1.